The molecule has 100 valence electrons. The molecule has 0 aliphatic heterocycles. The van der Waals surface area contributed by atoms with Crippen molar-refractivity contribution in [2.24, 2.45) is 5.92 Å². The zero-order chi connectivity index (χ0) is 13.4. The first-order valence-electron chi connectivity index (χ1n) is 6.77. The maximum atomic E-state index is 9.34. The van der Waals surface area contributed by atoms with Crippen LogP contribution >= 0.6 is 0 Å². The van der Waals surface area contributed by atoms with Crippen molar-refractivity contribution < 1.29 is 5.11 Å². The highest BCUT2D eigenvalue weighted by atomic mass is 16.3. The standard InChI is InChI=1S/C16H25NO/c1-4-6-14(5-2)9-10-17-12-15-7-8-16(18)11-13(15)3/h4,7-8,11,14,17-18H,1,5-6,9-10,12H2,2-3H3. The molecule has 0 spiro atoms. The molecule has 0 aromatic heterocycles. The number of hydrogen-bond acceptors (Lipinski definition) is 2. The van der Waals surface area contributed by atoms with Crippen molar-refractivity contribution in [3.63, 3.8) is 0 Å². The second kappa shape index (κ2) is 7.93. The molecule has 1 unspecified atom stereocenters. The quantitative estimate of drug-likeness (QED) is 0.541. The van der Waals surface area contributed by atoms with Gasteiger partial charge >= 0.3 is 0 Å². The predicted molar refractivity (Wildman–Crippen MR) is 77.8 cm³/mol. The first kappa shape index (κ1) is 14.8. The number of aryl methyl sites for hydroxylation is 1. The highest BCUT2D eigenvalue weighted by Gasteiger charge is 2.04. The molecule has 1 aromatic rings. The minimum absolute atomic E-state index is 0.341. The van der Waals surface area contributed by atoms with Gasteiger partial charge in [-0.25, -0.2) is 0 Å². The Morgan fingerprint density at radius 2 is 2.22 bits per heavy atom. The largest absolute Gasteiger partial charge is 0.508 e. The Balaban J connectivity index is 2.31. The van der Waals surface area contributed by atoms with Crippen LogP contribution in [0.25, 0.3) is 0 Å². The third kappa shape index (κ3) is 4.92. The fraction of sp³-hybridized carbons (Fsp3) is 0.500. The summed E-state index contributed by atoms with van der Waals surface area (Å²) in [6, 6.07) is 5.54. The Bertz CT molecular complexity index is 373. The summed E-state index contributed by atoms with van der Waals surface area (Å²) in [6.07, 6.45) is 5.53. The molecule has 2 heteroatoms. The van der Waals surface area contributed by atoms with E-state index in [0.29, 0.717) is 5.75 Å². The van der Waals surface area contributed by atoms with E-state index in [1.807, 2.05) is 25.1 Å². The summed E-state index contributed by atoms with van der Waals surface area (Å²) in [5.41, 5.74) is 2.39. The fourth-order valence-corrected chi connectivity index (χ4v) is 2.13. The average molecular weight is 247 g/mol. The lowest BCUT2D eigenvalue weighted by Crippen LogP contribution is -2.18. The van der Waals surface area contributed by atoms with Gasteiger partial charge in [0.25, 0.3) is 0 Å². The minimum Gasteiger partial charge on any atom is -0.508 e. The summed E-state index contributed by atoms with van der Waals surface area (Å²) in [5.74, 6) is 1.09. The van der Waals surface area contributed by atoms with E-state index in [0.717, 1.165) is 31.0 Å². The van der Waals surface area contributed by atoms with Crippen LogP contribution in [0.2, 0.25) is 0 Å². The summed E-state index contributed by atoms with van der Waals surface area (Å²) in [6.45, 7) is 9.97. The number of phenolic OH excluding ortho intramolecular Hbond substituents is 1. The van der Waals surface area contributed by atoms with E-state index in [1.165, 1.54) is 18.4 Å². The van der Waals surface area contributed by atoms with Gasteiger partial charge in [-0.3, -0.25) is 0 Å². The molecule has 0 saturated heterocycles. The van der Waals surface area contributed by atoms with Crippen LogP contribution < -0.4 is 5.32 Å². The Hall–Kier alpha value is -1.28. The van der Waals surface area contributed by atoms with Crippen LogP contribution in [-0.4, -0.2) is 11.7 Å². The van der Waals surface area contributed by atoms with Crippen LogP contribution in [-0.2, 0) is 6.54 Å². The molecule has 1 aromatic carbocycles. The van der Waals surface area contributed by atoms with E-state index < -0.39 is 0 Å². The van der Waals surface area contributed by atoms with Crippen molar-refractivity contribution in [1.29, 1.82) is 0 Å². The number of allylic oxidation sites excluding steroid dienone is 1. The lowest BCUT2D eigenvalue weighted by molar-refractivity contribution is 0.455. The van der Waals surface area contributed by atoms with Crippen LogP contribution in [0.3, 0.4) is 0 Å². The van der Waals surface area contributed by atoms with E-state index >= 15 is 0 Å². The lowest BCUT2D eigenvalue weighted by Gasteiger charge is -2.13. The highest BCUT2D eigenvalue weighted by molar-refractivity contribution is 5.33. The maximum absolute atomic E-state index is 9.34. The number of benzene rings is 1. The minimum atomic E-state index is 0.341. The number of nitrogens with one attached hydrogen (secondary N) is 1. The molecule has 0 heterocycles. The zero-order valence-corrected chi connectivity index (χ0v) is 11.6. The number of aromatic hydroxyl groups is 1. The topological polar surface area (TPSA) is 32.3 Å². The van der Waals surface area contributed by atoms with Crippen molar-refractivity contribution in [2.75, 3.05) is 6.54 Å². The van der Waals surface area contributed by atoms with E-state index in [2.05, 4.69) is 18.8 Å². The predicted octanol–water partition coefficient (Wildman–Crippen LogP) is 3.78. The van der Waals surface area contributed by atoms with E-state index in [1.54, 1.807) is 6.07 Å². The Morgan fingerprint density at radius 3 is 2.83 bits per heavy atom. The summed E-state index contributed by atoms with van der Waals surface area (Å²) < 4.78 is 0. The normalized spacial score (nSPS) is 12.3. The van der Waals surface area contributed by atoms with Gasteiger partial charge in [0.05, 0.1) is 0 Å². The average Bonchev–Trinajstić information content (AvgIpc) is 2.35. The van der Waals surface area contributed by atoms with Gasteiger partial charge in [-0.15, -0.1) is 6.58 Å². The second-order valence-electron chi connectivity index (χ2n) is 4.87. The lowest BCUT2D eigenvalue weighted by atomic mass is 9.98. The molecule has 0 amide bonds. The summed E-state index contributed by atoms with van der Waals surface area (Å²) in [5, 5.41) is 12.8. The van der Waals surface area contributed by atoms with Crippen molar-refractivity contribution in [1.82, 2.24) is 5.32 Å². The van der Waals surface area contributed by atoms with Crippen molar-refractivity contribution in [3.8, 4) is 5.75 Å². The van der Waals surface area contributed by atoms with Crippen LogP contribution in [0.5, 0.6) is 5.75 Å². The van der Waals surface area contributed by atoms with Gasteiger partial charge in [0, 0.05) is 6.54 Å². The zero-order valence-electron chi connectivity index (χ0n) is 11.6. The van der Waals surface area contributed by atoms with Crippen LogP contribution in [0.1, 0.15) is 37.3 Å². The molecule has 0 fully saturated rings. The van der Waals surface area contributed by atoms with E-state index in [9.17, 15) is 5.11 Å². The summed E-state index contributed by atoms with van der Waals surface area (Å²) in [7, 11) is 0. The van der Waals surface area contributed by atoms with Gasteiger partial charge in [0.2, 0.25) is 0 Å². The summed E-state index contributed by atoms with van der Waals surface area (Å²) >= 11 is 0. The van der Waals surface area contributed by atoms with Gasteiger partial charge in [-0.05, 0) is 55.5 Å². The van der Waals surface area contributed by atoms with Crippen molar-refractivity contribution in [3.05, 3.63) is 42.0 Å². The highest BCUT2D eigenvalue weighted by Crippen LogP contribution is 2.16. The third-order valence-electron chi connectivity index (χ3n) is 3.45. The third-order valence-corrected chi connectivity index (χ3v) is 3.45. The van der Waals surface area contributed by atoms with Crippen molar-refractivity contribution >= 4 is 0 Å². The van der Waals surface area contributed by atoms with Gasteiger partial charge in [-0.2, -0.15) is 0 Å². The molecule has 0 bridgehead atoms. The van der Waals surface area contributed by atoms with Gasteiger partial charge < -0.3 is 10.4 Å². The van der Waals surface area contributed by atoms with Crippen LogP contribution in [0, 0.1) is 12.8 Å². The molecule has 1 atom stereocenters. The molecule has 1 rings (SSSR count). The molecular weight excluding hydrogens is 222 g/mol. The molecule has 2 nitrogen and oxygen atoms in total. The van der Waals surface area contributed by atoms with Crippen LogP contribution in [0.4, 0.5) is 0 Å². The number of hydrogen-bond donors (Lipinski definition) is 2. The molecule has 0 saturated carbocycles. The first-order valence-corrected chi connectivity index (χ1v) is 6.77. The monoisotopic (exact) mass is 247 g/mol. The molecule has 2 N–H and O–H groups in total. The van der Waals surface area contributed by atoms with E-state index in [4.69, 9.17) is 0 Å². The van der Waals surface area contributed by atoms with Gasteiger partial charge in [-0.1, -0.05) is 25.5 Å². The van der Waals surface area contributed by atoms with Crippen LogP contribution in [0.15, 0.2) is 30.9 Å². The first-order chi connectivity index (χ1) is 8.67. The molecule has 0 radical (unpaired) electrons. The van der Waals surface area contributed by atoms with E-state index in [-0.39, 0.29) is 0 Å². The Morgan fingerprint density at radius 1 is 1.44 bits per heavy atom. The molecule has 0 aliphatic rings. The molecule has 0 aliphatic carbocycles. The number of phenols is 1. The van der Waals surface area contributed by atoms with Crippen molar-refractivity contribution in [2.45, 2.75) is 39.7 Å². The van der Waals surface area contributed by atoms with Gasteiger partial charge in [0.15, 0.2) is 0 Å². The smallest absolute Gasteiger partial charge is 0.115 e. The Kier molecular flexibility index (Phi) is 6.51. The maximum Gasteiger partial charge on any atom is 0.115 e. The second-order valence-corrected chi connectivity index (χ2v) is 4.87. The SMILES string of the molecule is C=CCC(CC)CCNCc1ccc(O)cc1C. The fourth-order valence-electron chi connectivity index (χ4n) is 2.13. The van der Waals surface area contributed by atoms with Gasteiger partial charge in [0.1, 0.15) is 5.75 Å². The molecular formula is C16H25NO. The Labute approximate surface area is 111 Å². The molecule has 18 heavy (non-hydrogen) atoms. The summed E-state index contributed by atoms with van der Waals surface area (Å²) in [4.78, 5) is 0. The number of rotatable bonds is 8.